The smallest absolute Gasteiger partial charge is 0.0437 e. The highest BCUT2D eigenvalue weighted by Crippen LogP contribution is 2.19. The van der Waals surface area contributed by atoms with Crippen LogP contribution < -0.4 is 0 Å². The van der Waals surface area contributed by atoms with Crippen LogP contribution in [0.2, 0.25) is 5.02 Å². The summed E-state index contributed by atoms with van der Waals surface area (Å²) in [6.07, 6.45) is 8.85. The van der Waals surface area contributed by atoms with Crippen molar-refractivity contribution < 1.29 is 0 Å². The average molecular weight is 318 g/mol. The number of benzene rings is 1. The van der Waals surface area contributed by atoms with Crippen molar-refractivity contribution in [3.05, 3.63) is 34.9 Å². The van der Waals surface area contributed by atoms with Crippen LogP contribution >= 0.6 is 27.5 Å². The minimum Gasteiger partial charge on any atom is -0.0891 e. The van der Waals surface area contributed by atoms with E-state index in [9.17, 15) is 0 Å². The first-order chi connectivity index (χ1) is 8.24. The summed E-state index contributed by atoms with van der Waals surface area (Å²) < 4.78 is 0. The number of aryl methyl sites for hydroxylation is 1. The number of halogens is 2. The van der Waals surface area contributed by atoms with E-state index in [0.717, 1.165) is 11.4 Å². The molecule has 2 heteroatoms. The molecule has 1 aromatic carbocycles. The zero-order chi connectivity index (χ0) is 12.5. The Kier molecular flexibility index (Phi) is 7.96. The van der Waals surface area contributed by atoms with Crippen molar-refractivity contribution in [3.8, 4) is 0 Å². The van der Waals surface area contributed by atoms with Crippen LogP contribution in [0.5, 0.6) is 0 Å². The van der Waals surface area contributed by atoms with Crippen LogP contribution in [-0.4, -0.2) is 4.83 Å². The molecule has 0 N–H and O–H groups in total. The van der Waals surface area contributed by atoms with Crippen molar-refractivity contribution >= 4 is 27.5 Å². The van der Waals surface area contributed by atoms with Gasteiger partial charge in [-0.2, -0.15) is 0 Å². The maximum absolute atomic E-state index is 6.12. The van der Waals surface area contributed by atoms with Gasteiger partial charge in [-0.1, -0.05) is 71.9 Å². The molecule has 96 valence electrons. The van der Waals surface area contributed by atoms with Gasteiger partial charge in [-0.3, -0.25) is 0 Å². The fraction of sp³-hybridized carbons (Fsp3) is 0.600. The third kappa shape index (κ3) is 6.47. The Labute approximate surface area is 119 Å². The Balaban J connectivity index is 2.10. The SMILES string of the molecule is CCCC(Br)CCCCCc1ccccc1Cl. The molecule has 0 aliphatic rings. The van der Waals surface area contributed by atoms with Gasteiger partial charge in [0, 0.05) is 9.85 Å². The summed E-state index contributed by atoms with van der Waals surface area (Å²) in [6, 6.07) is 8.17. The van der Waals surface area contributed by atoms with Gasteiger partial charge in [0.25, 0.3) is 0 Å². The van der Waals surface area contributed by atoms with Crippen LogP contribution in [0.15, 0.2) is 24.3 Å². The molecule has 0 aromatic heterocycles. The number of unbranched alkanes of at least 4 members (excludes halogenated alkanes) is 2. The van der Waals surface area contributed by atoms with E-state index in [2.05, 4.69) is 35.0 Å². The number of hydrogen-bond donors (Lipinski definition) is 0. The van der Waals surface area contributed by atoms with Gasteiger partial charge in [0.05, 0.1) is 0 Å². The molecule has 1 unspecified atom stereocenters. The summed E-state index contributed by atoms with van der Waals surface area (Å²) in [7, 11) is 0. The van der Waals surface area contributed by atoms with Gasteiger partial charge in [-0.15, -0.1) is 0 Å². The van der Waals surface area contributed by atoms with Crippen LogP contribution in [0.25, 0.3) is 0 Å². The first-order valence-corrected chi connectivity index (χ1v) is 7.91. The molecule has 0 aliphatic heterocycles. The third-order valence-electron chi connectivity index (χ3n) is 3.02. The summed E-state index contributed by atoms with van der Waals surface area (Å²) in [5.41, 5.74) is 1.29. The van der Waals surface area contributed by atoms with Gasteiger partial charge in [0.2, 0.25) is 0 Å². The van der Waals surface area contributed by atoms with Crippen LogP contribution in [0.4, 0.5) is 0 Å². The molecule has 0 nitrogen and oxygen atoms in total. The lowest BCUT2D eigenvalue weighted by molar-refractivity contribution is 0.605. The van der Waals surface area contributed by atoms with E-state index in [4.69, 9.17) is 11.6 Å². The third-order valence-corrected chi connectivity index (χ3v) is 4.31. The molecular formula is C15H22BrCl. The highest BCUT2D eigenvalue weighted by Gasteiger charge is 2.02. The Morgan fingerprint density at radius 3 is 2.59 bits per heavy atom. The number of rotatable bonds is 8. The lowest BCUT2D eigenvalue weighted by atomic mass is 10.0. The Hall–Kier alpha value is -0.0100. The van der Waals surface area contributed by atoms with Gasteiger partial charge in [-0.05, 0) is 37.3 Å². The average Bonchev–Trinajstić information content (AvgIpc) is 2.31. The minimum atomic E-state index is 0.716. The highest BCUT2D eigenvalue weighted by atomic mass is 79.9. The molecule has 0 radical (unpaired) electrons. The normalized spacial score (nSPS) is 12.6. The predicted octanol–water partition coefficient (Wildman–Crippen LogP) is 6.01. The molecule has 0 spiro atoms. The van der Waals surface area contributed by atoms with E-state index >= 15 is 0 Å². The van der Waals surface area contributed by atoms with Crippen molar-refractivity contribution in [1.29, 1.82) is 0 Å². The Morgan fingerprint density at radius 1 is 1.12 bits per heavy atom. The summed E-state index contributed by atoms with van der Waals surface area (Å²) in [5.74, 6) is 0. The topological polar surface area (TPSA) is 0 Å². The van der Waals surface area contributed by atoms with Gasteiger partial charge in [-0.25, -0.2) is 0 Å². The Morgan fingerprint density at radius 2 is 1.88 bits per heavy atom. The quantitative estimate of drug-likeness (QED) is 0.407. The second kappa shape index (κ2) is 8.99. The van der Waals surface area contributed by atoms with Crippen LogP contribution in [-0.2, 0) is 6.42 Å². The van der Waals surface area contributed by atoms with E-state index in [1.807, 2.05) is 12.1 Å². The molecule has 0 bridgehead atoms. The molecule has 0 fully saturated rings. The maximum atomic E-state index is 6.12. The fourth-order valence-corrected chi connectivity index (χ4v) is 3.03. The van der Waals surface area contributed by atoms with E-state index in [1.165, 1.54) is 44.1 Å². The molecule has 0 saturated heterocycles. The molecule has 0 heterocycles. The summed E-state index contributed by atoms with van der Waals surface area (Å²) in [5, 5.41) is 0.914. The van der Waals surface area contributed by atoms with Crippen molar-refractivity contribution in [2.24, 2.45) is 0 Å². The molecular weight excluding hydrogens is 296 g/mol. The maximum Gasteiger partial charge on any atom is 0.0437 e. The molecule has 1 aromatic rings. The van der Waals surface area contributed by atoms with Crippen molar-refractivity contribution in [2.45, 2.75) is 56.7 Å². The summed E-state index contributed by atoms with van der Waals surface area (Å²) in [6.45, 7) is 2.24. The van der Waals surface area contributed by atoms with Crippen molar-refractivity contribution in [1.82, 2.24) is 0 Å². The first kappa shape index (κ1) is 15.0. The van der Waals surface area contributed by atoms with Gasteiger partial charge in [0.1, 0.15) is 0 Å². The second-order valence-corrected chi connectivity index (χ2v) is 6.28. The zero-order valence-corrected chi connectivity index (χ0v) is 12.9. The van der Waals surface area contributed by atoms with E-state index < -0.39 is 0 Å². The fourth-order valence-electron chi connectivity index (χ4n) is 2.02. The molecule has 0 amide bonds. The predicted molar refractivity (Wildman–Crippen MR) is 81.2 cm³/mol. The highest BCUT2D eigenvalue weighted by molar-refractivity contribution is 9.09. The minimum absolute atomic E-state index is 0.716. The molecule has 17 heavy (non-hydrogen) atoms. The molecule has 0 saturated carbocycles. The number of hydrogen-bond acceptors (Lipinski definition) is 0. The molecule has 1 atom stereocenters. The zero-order valence-electron chi connectivity index (χ0n) is 10.6. The lowest BCUT2D eigenvalue weighted by Gasteiger charge is -2.08. The van der Waals surface area contributed by atoms with Crippen LogP contribution in [0, 0.1) is 0 Å². The standard InChI is InChI=1S/C15H22BrCl/c1-2-8-14(16)11-5-3-4-9-13-10-6-7-12-15(13)17/h6-7,10,12,14H,2-5,8-9,11H2,1H3. The second-order valence-electron chi connectivity index (χ2n) is 4.58. The van der Waals surface area contributed by atoms with Crippen LogP contribution in [0.1, 0.15) is 51.0 Å². The van der Waals surface area contributed by atoms with E-state index in [-0.39, 0.29) is 0 Å². The summed E-state index contributed by atoms with van der Waals surface area (Å²) in [4.78, 5) is 0.716. The van der Waals surface area contributed by atoms with Crippen molar-refractivity contribution in [3.63, 3.8) is 0 Å². The molecule has 0 aliphatic carbocycles. The van der Waals surface area contributed by atoms with E-state index in [1.54, 1.807) is 0 Å². The Bertz CT molecular complexity index is 312. The van der Waals surface area contributed by atoms with Gasteiger partial charge in [0.15, 0.2) is 0 Å². The van der Waals surface area contributed by atoms with Gasteiger partial charge >= 0.3 is 0 Å². The van der Waals surface area contributed by atoms with Crippen LogP contribution in [0.3, 0.4) is 0 Å². The van der Waals surface area contributed by atoms with Crippen molar-refractivity contribution in [2.75, 3.05) is 0 Å². The summed E-state index contributed by atoms with van der Waals surface area (Å²) >= 11 is 9.85. The van der Waals surface area contributed by atoms with E-state index in [0.29, 0.717) is 4.83 Å². The lowest BCUT2D eigenvalue weighted by Crippen LogP contribution is -1.96. The van der Waals surface area contributed by atoms with Gasteiger partial charge < -0.3 is 0 Å². The molecule has 1 rings (SSSR count). The first-order valence-electron chi connectivity index (χ1n) is 6.61. The number of alkyl halides is 1. The monoisotopic (exact) mass is 316 g/mol. The largest absolute Gasteiger partial charge is 0.0891 e.